The molecule has 2 amide bonds. The second-order valence-electron chi connectivity index (χ2n) is 10.8. The molecule has 0 aliphatic heterocycles. The summed E-state index contributed by atoms with van der Waals surface area (Å²) in [5.41, 5.74) is 4.98. The third-order valence-corrected chi connectivity index (χ3v) is 7.47. The highest BCUT2D eigenvalue weighted by Gasteiger charge is 2.35. The van der Waals surface area contributed by atoms with Crippen LogP contribution in [0.25, 0.3) is 27.6 Å². The van der Waals surface area contributed by atoms with Crippen LogP contribution in [0.1, 0.15) is 41.6 Å². The number of fused-ring (bicyclic) bond motifs is 2. The first kappa shape index (κ1) is 29.5. The molecule has 0 aliphatic rings. The molecule has 0 aliphatic carbocycles. The smallest absolute Gasteiger partial charge is 0.321 e. The molecule has 228 valence electrons. The molecule has 0 unspecified atom stereocenters. The van der Waals surface area contributed by atoms with E-state index in [1.807, 2.05) is 71.3 Å². The third kappa shape index (κ3) is 6.37. The first-order chi connectivity index (χ1) is 21.7. The predicted octanol–water partition coefficient (Wildman–Crippen LogP) is 6.11. The van der Waals surface area contributed by atoms with E-state index in [0.717, 1.165) is 27.8 Å². The Morgan fingerprint density at radius 2 is 1.76 bits per heavy atom. The molecule has 2 atom stereocenters. The van der Waals surface area contributed by atoms with E-state index in [2.05, 4.69) is 25.8 Å². The maximum atomic E-state index is 13.6. The molecule has 0 spiro atoms. The molecule has 0 saturated heterocycles. The van der Waals surface area contributed by atoms with Crippen molar-refractivity contribution in [3.8, 4) is 11.4 Å². The summed E-state index contributed by atoms with van der Waals surface area (Å²) in [5.74, 6) is -4.68. The summed E-state index contributed by atoms with van der Waals surface area (Å²) in [5, 5.41) is 13.6. The van der Waals surface area contributed by atoms with Gasteiger partial charge in [0.05, 0.1) is 34.8 Å². The van der Waals surface area contributed by atoms with E-state index >= 15 is 0 Å². The van der Waals surface area contributed by atoms with Crippen LogP contribution >= 0.6 is 0 Å². The number of alkyl halides is 2. The zero-order valence-electron chi connectivity index (χ0n) is 24.5. The van der Waals surface area contributed by atoms with Crippen LogP contribution < -0.4 is 15.4 Å². The fourth-order valence-electron chi connectivity index (χ4n) is 5.15. The number of hydrogen-bond donors (Lipinski definition) is 3. The highest BCUT2D eigenvalue weighted by atomic mass is 19.3. The summed E-state index contributed by atoms with van der Waals surface area (Å²) in [6.07, 6.45) is 0.911. The van der Waals surface area contributed by atoms with E-state index in [1.54, 1.807) is 43.6 Å². The third-order valence-electron chi connectivity index (χ3n) is 7.47. The second-order valence-corrected chi connectivity index (χ2v) is 10.8. The number of hydrogen-bond acceptors (Lipinski definition) is 5. The lowest BCUT2D eigenvalue weighted by Gasteiger charge is -2.27. The second kappa shape index (κ2) is 12.2. The Morgan fingerprint density at radius 3 is 2.56 bits per heavy atom. The van der Waals surface area contributed by atoms with Crippen molar-refractivity contribution in [1.82, 2.24) is 30.4 Å². The minimum absolute atomic E-state index is 0.238. The molecule has 3 N–H and O–H groups in total. The van der Waals surface area contributed by atoms with Gasteiger partial charge in [-0.3, -0.25) is 19.3 Å². The van der Waals surface area contributed by atoms with Gasteiger partial charge in [0.25, 0.3) is 11.8 Å². The van der Waals surface area contributed by atoms with Gasteiger partial charge in [0.15, 0.2) is 0 Å². The number of H-pyrrole nitrogens is 1. The van der Waals surface area contributed by atoms with Crippen molar-refractivity contribution in [3.63, 3.8) is 0 Å². The van der Waals surface area contributed by atoms with E-state index in [1.165, 1.54) is 0 Å². The molecule has 0 fully saturated rings. The summed E-state index contributed by atoms with van der Waals surface area (Å²) in [7, 11) is 0. The van der Waals surface area contributed by atoms with Crippen molar-refractivity contribution >= 4 is 33.8 Å². The molecule has 0 radical (unpaired) electrons. The van der Waals surface area contributed by atoms with Crippen molar-refractivity contribution in [3.05, 3.63) is 120 Å². The van der Waals surface area contributed by atoms with E-state index in [0.29, 0.717) is 29.3 Å². The van der Waals surface area contributed by atoms with Crippen LogP contribution in [0.15, 0.2) is 103 Å². The van der Waals surface area contributed by atoms with Gasteiger partial charge in [0.1, 0.15) is 18.2 Å². The van der Waals surface area contributed by atoms with Crippen molar-refractivity contribution in [2.75, 3.05) is 0 Å². The van der Waals surface area contributed by atoms with Crippen molar-refractivity contribution in [2.24, 2.45) is 0 Å². The Labute approximate surface area is 257 Å². The van der Waals surface area contributed by atoms with Crippen LogP contribution in [0.4, 0.5) is 8.78 Å². The molecule has 6 rings (SSSR count). The van der Waals surface area contributed by atoms with Crippen molar-refractivity contribution in [2.45, 2.75) is 38.5 Å². The number of carbonyl (C=O) groups is 2. The highest BCUT2D eigenvalue weighted by Crippen LogP contribution is 2.29. The van der Waals surface area contributed by atoms with Gasteiger partial charge in [0, 0.05) is 29.6 Å². The predicted molar refractivity (Wildman–Crippen MR) is 166 cm³/mol. The number of rotatable bonds is 10. The van der Waals surface area contributed by atoms with Crippen LogP contribution in [0, 0.1) is 0 Å². The molecular formula is C34H30F2N6O3. The average Bonchev–Trinajstić information content (AvgIpc) is 3.66. The summed E-state index contributed by atoms with van der Waals surface area (Å²) >= 11 is 0. The monoisotopic (exact) mass is 608 g/mol. The van der Waals surface area contributed by atoms with Gasteiger partial charge >= 0.3 is 5.92 Å². The van der Waals surface area contributed by atoms with E-state index in [4.69, 9.17) is 4.74 Å². The standard InChI is InChI=1S/C34H30F2N6O3/c1-21(39-33(44)34(2,35)36)31(22-9-4-3-5-10-22)45-25-15-16-30-28(18-25)38-20-42(30)24-12-8-11-23(17-24)32(43)37-19-29-26-13-6-7-14-27(26)40-41-29/h3-18,20-21,31H,19H2,1-2H3,(H,37,43)(H,39,44)(H,40,41)/t21-,31-/m0/s1. The van der Waals surface area contributed by atoms with E-state index in [-0.39, 0.29) is 12.5 Å². The van der Waals surface area contributed by atoms with Crippen molar-refractivity contribution in [1.29, 1.82) is 0 Å². The lowest BCUT2D eigenvalue weighted by molar-refractivity contribution is -0.144. The highest BCUT2D eigenvalue weighted by molar-refractivity contribution is 5.95. The van der Waals surface area contributed by atoms with Gasteiger partial charge in [-0.1, -0.05) is 54.6 Å². The largest absolute Gasteiger partial charge is 0.484 e. The van der Waals surface area contributed by atoms with Crippen LogP contribution in [0.5, 0.6) is 5.75 Å². The van der Waals surface area contributed by atoms with Crippen molar-refractivity contribution < 1.29 is 23.1 Å². The van der Waals surface area contributed by atoms with Gasteiger partial charge in [-0.2, -0.15) is 13.9 Å². The number of nitrogens with one attached hydrogen (secondary N) is 3. The average molecular weight is 609 g/mol. The first-order valence-electron chi connectivity index (χ1n) is 14.4. The quantitative estimate of drug-likeness (QED) is 0.174. The topological polar surface area (TPSA) is 114 Å². The zero-order valence-corrected chi connectivity index (χ0v) is 24.5. The Bertz CT molecular complexity index is 1980. The molecule has 4 aromatic carbocycles. The van der Waals surface area contributed by atoms with Crippen LogP contribution in [-0.2, 0) is 11.3 Å². The normalized spacial score (nSPS) is 13.0. The number of nitrogens with zero attached hydrogens (tertiary/aromatic N) is 3. The minimum atomic E-state index is -3.52. The Hall–Kier alpha value is -5.58. The molecular weight excluding hydrogens is 578 g/mol. The first-order valence-corrected chi connectivity index (χ1v) is 14.4. The number of aromatic amines is 1. The molecule has 0 saturated carbocycles. The molecule has 2 heterocycles. The lowest BCUT2D eigenvalue weighted by Crippen LogP contribution is -2.46. The number of aromatic nitrogens is 4. The maximum Gasteiger partial charge on any atom is 0.321 e. The van der Waals surface area contributed by atoms with E-state index in [9.17, 15) is 18.4 Å². The molecule has 6 aromatic rings. The van der Waals surface area contributed by atoms with Gasteiger partial charge in [-0.05, 0) is 48.9 Å². The van der Waals surface area contributed by atoms with Crippen LogP contribution in [0.2, 0.25) is 0 Å². The Kier molecular flexibility index (Phi) is 7.99. The molecule has 11 heteroatoms. The summed E-state index contributed by atoms with van der Waals surface area (Å²) < 4.78 is 35.4. The molecule has 9 nitrogen and oxygen atoms in total. The molecule has 0 bridgehead atoms. The number of imidazole rings is 1. The van der Waals surface area contributed by atoms with Gasteiger partial charge in [-0.25, -0.2) is 4.98 Å². The minimum Gasteiger partial charge on any atom is -0.484 e. The molecule has 45 heavy (non-hydrogen) atoms. The molecule has 2 aromatic heterocycles. The lowest BCUT2D eigenvalue weighted by atomic mass is 10.0. The number of ether oxygens (including phenoxy) is 1. The van der Waals surface area contributed by atoms with Gasteiger partial charge in [0.2, 0.25) is 0 Å². The fourth-order valence-corrected chi connectivity index (χ4v) is 5.15. The maximum absolute atomic E-state index is 13.6. The Morgan fingerprint density at radius 1 is 0.978 bits per heavy atom. The zero-order chi connectivity index (χ0) is 31.6. The van der Waals surface area contributed by atoms with E-state index < -0.39 is 24.0 Å². The fraction of sp³-hybridized carbons (Fsp3) is 0.176. The number of para-hydroxylation sites is 1. The SMILES string of the molecule is C[C@H](NC(=O)C(C)(F)F)[C@H](Oc1ccc2c(c1)ncn2-c1cccc(C(=O)NCc2n[nH]c3ccccc23)c1)c1ccccc1. The Balaban J connectivity index is 1.20. The summed E-state index contributed by atoms with van der Waals surface area (Å²) in [6, 6.07) is 28.6. The number of amides is 2. The summed E-state index contributed by atoms with van der Waals surface area (Å²) in [6.45, 7) is 2.45. The summed E-state index contributed by atoms with van der Waals surface area (Å²) in [4.78, 5) is 29.6. The number of benzene rings is 4. The van der Waals surface area contributed by atoms with Gasteiger partial charge < -0.3 is 15.4 Å². The van der Waals surface area contributed by atoms with Gasteiger partial charge in [-0.15, -0.1) is 0 Å². The van der Waals surface area contributed by atoms with Crippen LogP contribution in [-0.4, -0.2) is 43.5 Å². The number of halogens is 2. The number of carbonyl (C=O) groups excluding carboxylic acids is 2. The van der Waals surface area contributed by atoms with Crippen LogP contribution in [0.3, 0.4) is 0 Å².